The van der Waals surface area contributed by atoms with Crippen LogP contribution in [-0.4, -0.2) is 46.9 Å². The van der Waals surface area contributed by atoms with Crippen LogP contribution in [0.15, 0.2) is 5.16 Å². The van der Waals surface area contributed by atoms with Crippen LogP contribution in [0.25, 0.3) is 0 Å². The minimum Gasteiger partial charge on any atom is -0.468 e. The number of aliphatic hydroxyl groups excluding tert-OH is 1. The van der Waals surface area contributed by atoms with Crippen molar-refractivity contribution in [3.05, 3.63) is 0 Å². The van der Waals surface area contributed by atoms with Crippen LogP contribution < -0.4 is 0 Å². The highest BCUT2D eigenvalue weighted by atomic mass is 16.8. The molecule has 2 N–H and O–H groups in total. The van der Waals surface area contributed by atoms with Gasteiger partial charge in [-0.1, -0.05) is 5.16 Å². The smallest absolute Gasteiger partial charge is 0.258 e. The van der Waals surface area contributed by atoms with Crippen LogP contribution in [-0.2, 0) is 14.2 Å². The van der Waals surface area contributed by atoms with Gasteiger partial charge in [-0.05, 0) is 13.8 Å². The first-order valence-electron chi connectivity index (χ1n) is 4.42. The zero-order chi connectivity index (χ0) is 10.3. The minimum absolute atomic E-state index is 0.0691. The molecule has 2 rings (SSSR count). The Morgan fingerprint density at radius 3 is 2.71 bits per heavy atom. The van der Waals surface area contributed by atoms with Crippen LogP contribution in [0.1, 0.15) is 13.8 Å². The van der Waals surface area contributed by atoms with Crippen LogP contribution in [0.3, 0.4) is 0 Å². The Kier molecular flexibility index (Phi) is 2.13. The third kappa shape index (κ3) is 1.35. The van der Waals surface area contributed by atoms with Crippen LogP contribution in [0.2, 0.25) is 0 Å². The van der Waals surface area contributed by atoms with E-state index in [-0.39, 0.29) is 12.5 Å². The first kappa shape index (κ1) is 9.70. The molecular weight excluding hydrogens is 190 g/mol. The Balaban J connectivity index is 2.21. The first-order valence-corrected chi connectivity index (χ1v) is 4.42. The Hall–Kier alpha value is -0.850. The minimum atomic E-state index is -0.734. The average Bonchev–Trinajstić information content (AvgIpc) is 2.57. The number of oxime groups is 1. The van der Waals surface area contributed by atoms with E-state index in [0.29, 0.717) is 0 Å². The highest BCUT2D eigenvalue weighted by molar-refractivity contribution is 5.83. The second kappa shape index (κ2) is 3.08. The van der Waals surface area contributed by atoms with Gasteiger partial charge < -0.3 is 24.5 Å². The van der Waals surface area contributed by atoms with Gasteiger partial charge in [0.05, 0.1) is 6.61 Å². The number of hydrogen-bond acceptors (Lipinski definition) is 6. The molecule has 0 aromatic carbocycles. The van der Waals surface area contributed by atoms with E-state index in [2.05, 4.69) is 5.16 Å². The molecule has 2 aliphatic heterocycles. The molecular formula is C8H13NO5. The van der Waals surface area contributed by atoms with Crippen molar-refractivity contribution in [3.63, 3.8) is 0 Å². The molecule has 2 heterocycles. The average molecular weight is 203 g/mol. The molecule has 0 spiro atoms. The third-order valence-electron chi connectivity index (χ3n) is 2.29. The lowest BCUT2D eigenvalue weighted by Gasteiger charge is -2.20. The molecule has 0 aromatic heterocycles. The molecule has 0 unspecified atom stereocenters. The second-order valence-electron chi connectivity index (χ2n) is 3.80. The summed E-state index contributed by atoms with van der Waals surface area (Å²) in [6.07, 6.45) is -1.44. The van der Waals surface area contributed by atoms with Gasteiger partial charge in [-0.15, -0.1) is 0 Å². The molecule has 2 saturated heterocycles. The summed E-state index contributed by atoms with van der Waals surface area (Å²) in [4.78, 5) is 0. The van der Waals surface area contributed by atoms with Crippen molar-refractivity contribution in [2.24, 2.45) is 5.16 Å². The van der Waals surface area contributed by atoms with E-state index in [1.165, 1.54) is 0 Å². The predicted octanol–water partition coefficient (Wildman–Crippen LogP) is -0.315. The highest BCUT2D eigenvalue weighted by Crippen LogP contribution is 2.36. The van der Waals surface area contributed by atoms with Crippen LogP contribution in [0.4, 0.5) is 0 Å². The molecule has 14 heavy (non-hydrogen) atoms. The lowest BCUT2D eigenvalue weighted by Crippen LogP contribution is -2.31. The number of fused-ring (bicyclic) bond motifs is 1. The standard InChI is InChI=1S/C8H13NO5/c1-8(2)13-5-4(3-10)12-7(9-11)6(5)14-8/h4-6,10-11H,3H2,1-2H3/t4-,5-,6-/m1/s1. The number of rotatable bonds is 1. The quantitative estimate of drug-likeness (QED) is 0.451. The predicted molar refractivity (Wildman–Crippen MR) is 45.0 cm³/mol. The fourth-order valence-electron chi connectivity index (χ4n) is 1.76. The summed E-state index contributed by atoms with van der Waals surface area (Å²) in [6.45, 7) is 3.32. The van der Waals surface area contributed by atoms with Crippen LogP contribution >= 0.6 is 0 Å². The number of hydrogen-bond donors (Lipinski definition) is 2. The van der Waals surface area contributed by atoms with Gasteiger partial charge in [0.2, 0.25) is 0 Å². The van der Waals surface area contributed by atoms with Crippen molar-refractivity contribution < 1.29 is 24.5 Å². The van der Waals surface area contributed by atoms with Crippen molar-refractivity contribution >= 4 is 5.90 Å². The van der Waals surface area contributed by atoms with E-state index in [9.17, 15) is 0 Å². The molecule has 2 fully saturated rings. The summed E-state index contributed by atoms with van der Waals surface area (Å²) < 4.78 is 16.1. The maximum Gasteiger partial charge on any atom is 0.258 e. The van der Waals surface area contributed by atoms with Crippen molar-refractivity contribution in [2.75, 3.05) is 6.61 Å². The molecule has 6 nitrogen and oxygen atoms in total. The van der Waals surface area contributed by atoms with E-state index < -0.39 is 24.1 Å². The number of aliphatic hydroxyl groups is 1. The van der Waals surface area contributed by atoms with E-state index >= 15 is 0 Å². The largest absolute Gasteiger partial charge is 0.468 e. The van der Waals surface area contributed by atoms with Gasteiger partial charge in [0.15, 0.2) is 18.0 Å². The first-order chi connectivity index (χ1) is 6.57. The fraction of sp³-hybridized carbons (Fsp3) is 0.875. The summed E-state index contributed by atoms with van der Waals surface area (Å²) >= 11 is 0. The van der Waals surface area contributed by atoms with E-state index in [4.69, 9.17) is 24.5 Å². The van der Waals surface area contributed by atoms with Crippen molar-refractivity contribution in [3.8, 4) is 0 Å². The SMILES string of the molecule is CC1(C)O[C@@H]2[C@@H](CO)OC(=NO)[C@@H]2O1. The van der Waals surface area contributed by atoms with Gasteiger partial charge in [0.1, 0.15) is 6.10 Å². The Morgan fingerprint density at radius 2 is 2.14 bits per heavy atom. The third-order valence-corrected chi connectivity index (χ3v) is 2.29. The van der Waals surface area contributed by atoms with Gasteiger partial charge in [0, 0.05) is 0 Å². The van der Waals surface area contributed by atoms with Gasteiger partial charge >= 0.3 is 0 Å². The maximum atomic E-state index is 9.00. The van der Waals surface area contributed by atoms with E-state index in [1.54, 1.807) is 13.8 Å². The molecule has 80 valence electrons. The van der Waals surface area contributed by atoms with Crippen molar-refractivity contribution in [1.29, 1.82) is 0 Å². The van der Waals surface area contributed by atoms with Gasteiger partial charge in [0.25, 0.3) is 5.90 Å². The zero-order valence-corrected chi connectivity index (χ0v) is 8.01. The topological polar surface area (TPSA) is 80.5 Å². The molecule has 0 aliphatic carbocycles. The Labute approximate surface area is 81.1 Å². The molecule has 6 heteroatoms. The van der Waals surface area contributed by atoms with Crippen LogP contribution in [0.5, 0.6) is 0 Å². The molecule has 0 amide bonds. The molecule has 0 saturated carbocycles. The number of ether oxygens (including phenoxy) is 3. The summed E-state index contributed by atoms with van der Waals surface area (Å²) in [6, 6.07) is 0. The molecule has 0 radical (unpaired) electrons. The lowest BCUT2D eigenvalue weighted by molar-refractivity contribution is -0.160. The van der Waals surface area contributed by atoms with Gasteiger partial charge in [-0.3, -0.25) is 0 Å². The Bertz CT molecular complexity index is 264. The monoisotopic (exact) mass is 203 g/mol. The Morgan fingerprint density at radius 1 is 1.43 bits per heavy atom. The summed E-state index contributed by atoms with van der Waals surface area (Å²) in [5.41, 5.74) is 0. The van der Waals surface area contributed by atoms with E-state index in [1.807, 2.05) is 0 Å². The molecule has 0 bridgehead atoms. The lowest BCUT2D eigenvalue weighted by atomic mass is 10.1. The van der Waals surface area contributed by atoms with Crippen molar-refractivity contribution in [1.82, 2.24) is 0 Å². The molecule has 0 aromatic rings. The second-order valence-corrected chi connectivity index (χ2v) is 3.80. The highest BCUT2D eigenvalue weighted by Gasteiger charge is 2.54. The summed E-state index contributed by atoms with van der Waals surface area (Å²) in [7, 11) is 0. The normalized spacial score (nSPS) is 42.5. The fourth-order valence-corrected chi connectivity index (χ4v) is 1.76. The van der Waals surface area contributed by atoms with Gasteiger partial charge in [-0.2, -0.15) is 0 Å². The van der Waals surface area contributed by atoms with Gasteiger partial charge in [-0.25, -0.2) is 0 Å². The number of nitrogens with zero attached hydrogens (tertiary/aromatic N) is 1. The zero-order valence-electron chi connectivity index (χ0n) is 8.01. The van der Waals surface area contributed by atoms with Crippen molar-refractivity contribution in [2.45, 2.75) is 37.9 Å². The summed E-state index contributed by atoms with van der Waals surface area (Å²) in [5.74, 6) is -0.665. The summed E-state index contributed by atoms with van der Waals surface area (Å²) in [5, 5.41) is 20.6. The van der Waals surface area contributed by atoms with E-state index in [0.717, 1.165) is 0 Å². The molecule has 3 atom stereocenters. The maximum absolute atomic E-state index is 9.00. The molecule has 2 aliphatic rings. The van der Waals surface area contributed by atoms with Crippen LogP contribution in [0, 0.1) is 0 Å².